The van der Waals surface area contributed by atoms with Crippen LogP contribution in [0, 0.1) is 0 Å². The van der Waals surface area contributed by atoms with Crippen molar-refractivity contribution in [2.45, 2.75) is 25.8 Å². The first kappa shape index (κ1) is 11.3. The third kappa shape index (κ3) is 2.90. The van der Waals surface area contributed by atoms with Crippen LogP contribution in [0.2, 0.25) is 0 Å². The first-order valence-electron chi connectivity index (χ1n) is 5.33. The Morgan fingerprint density at radius 2 is 1.94 bits per heavy atom. The van der Waals surface area contributed by atoms with Crippen LogP contribution in [0.15, 0.2) is 35.7 Å². The molecule has 0 spiro atoms. The molecule has 1 aromatic carbocycles. The largest absolute Gasteiger partial charge is 0.325 e. The molecule has 0 radical (unpaired) electrons. The lowest BCUT2D eigenvalue weighted by atomic mass is 10.0. The molecule has 1 aromatic heterocycles. The summed E-state index contributed by atoms with van der Waals surface area (Å²) in [6.45, 7) is 4.04. The van der Waals surface area contributed by atoms with Crippen LogP contribution in [0.5, 0.6) is 0 Å². The summed E-state index contributed by atoms with van der Waals surface area (Å²) in [6.07, 6.45) is 0.816. The molecule has 2 N–H and O–H groups in total. The average Bonchev–Trinajstić information content (AvgIpc) is 2.65. The Kier molecular flexibility index (Phi) is 3.08. The predicted octanol–water partition coefficient (Wildman–Crippen LogP) is 3.09. The Hall–Kier alpha value is -1.19. The van der Waals surface area contributed by atoms with Gasteiger partial charge >= 0.3 is 0 Å². The van der Waals surface area contributed by atoms with E-state index in [1.54, 1.807) is 11.3 Å². The van der Waals surface area contributed by atoms with Crippen molar-refractivity contribution in [3.63, 3.8) is 0 Å². The fraction of sp³-hybridized carbons (Fsp3) is 0.308. The fourth-order valence-corrected chi connectivity index (χ4v) is 2.39. The number of hydrogen-bond donors (Lipinski definition) is 1. The second-order valence-electron chi connectivity index (χ2n) is 4.68. The normalized spacial score (nSPS) is 11.7. The molecule has 0 atom stereocenters. The van der Waals surface area contributed by atoms with Gasteiger partial charge in [0.15, 0.2) is 0 Å². The van der Waals surface area contributed by atoms with Crippen molar-refractivity contribution in [1.29, 1.82) is 0 Å². The smallest absolute Gasteiger partial charge is 0.123 e. The van der Waals surface area contributed by atoms with Crippen LogP contribution in [0.25, 0.3) is 10.6 Å². The second-order valence-corrected chi connectivity index (χ2v) is 5.53. The summed E-state index contributed by atoms with van der Waals surface area (Å²) < 4.78 is 0. The van der Waals surface area contributed by atoms with Crippen LogP contribution in [-0.2, 0) is 6.42 Å². The topological polar surface area (TPSA) is 38.9 Å². The molecule has 2 nitrogen and oxygen atoms in total. The number of nitrogens with zero attached hydrogens (tertiary/aromatic N) is 1. The summed E-state index contributed by atoms with van der Waals surface area (Å²) in [6, 6.07) is 10.2. The summed E-state index contributed by atoms with van der Waals surface area (Å²) >= 11 is 1.68. The fourth-order valence-electron chi connectivity index (χ4n) is 1.57. The molecule has 2 rings (SSSR count). The van der Waals surface area contributed by atoms with E-state index >= 15 is 0 Å². The van der Waals surface area contributed by atoms with E-state index in [1.165, 1.54) is 5.56 Å². The highest BCUT2D eigenvalue weighted by atomic mass is 32.1. The molecular formula is C13H16N2S. The lowest BCUT2D eigenvalue weighted by Gasteiger charge is -2.16. The van der Waals surface area contributed by atoms with E-state index in [2.05, 4.69) is 22.5 Å². The maximum Gasteiger partial charge on any atom is 0.123 e. The van der Waals surface area contributed by atoms with E-state index in [4.69, 9.17) is 5.73 Å². The van der Waals surface area contributed by atoms with Crippen LogP contribution in [0.3, 0.4) is 0 Å². The summed E-state index contributed by atoms with van der Waals surface area (Å²) in [7, 11) is 0. The molecule has 0 aliphatic rings. The second kappa shape index (κ2) is 4.36. The molecule has 0 amide bonds. The first-order valence-corrected chi connectivity index (χ1v) is 6.21. The standard InChI is InChI=1S/C13H16N2S/c1-13(2,14)8-11-9-16-12(15-11)10-6-4-3-5-7-10/h3-7,9H,8,14H2,1-2H3. The van der Waals surface area contributed by atoms with Crippen LogP contribution >= 0.6 is 11.3 Å². The Labute approximate surface area is 100 Å². The van der Waals surface area contributed by atoms with Gasteiger partial charge in [0.2, 0.25) is 0 Å². The van der Waals surface area contributed by atoms with Gasteiger partial charge in [-0.15, -0.1) is 11.3 Å². The minimum Gasteiger partial charge on any atom is -0.325 e. The third-order valence-corrected chi connectivity index (χ3v) is 3.15. The van der Waals surface area contributed by atoms with E-state index < -0.39 is 0 Å². The molecule has 0 saturated heterocycles. The van der Waals surface area contributed by atoms with Crippen molar-refractivity contribution in [3.8, 4) is 10.6 Å². The van der Waals surface area contributed by atoms with Crippen molar-refractivity contribution in [2.24, 2.45) is 5.73 Å². The zero-order chi connectivity index (χ0) is 11.6. The summed E-state index contributed by atoms with van der Waals surface area (Å²) in [5, 5.41) is 3.16. The Morgan fingerprint density at radius 3 is 2.56 bits per heavy atom. The molecule has 0 fully saturated rings. The van der Waals surface area contributed by atoms with E-state index in [-0.39, 0.29) is 5.54 Å². The predicted molar refractivity (Wildman–Crippen MR) is 69.5 cm³/mol. The Balaban J connectivity index is 2.21. The highest BCUT2D eigenvalue weighted by molar-refractivity contribution is 7.13. The molecule has 16 heavy (non-hydrogen) atoms. The van der Waals surface area contributed by atoms with Crippen molar-refractivity contribution in [1.82, 2.24) is 4.98 Å². The minimum atomic E-state index is -0.192. The van der Waals surface area contributed by atoms with Gasteiger partial charge in [0.1, 0.15) is 5.01 Å². The average molecular weight is 232 g/mol. The highest BCUT2D eigenvalue weighted by Crippen LogP contribution is 2.24. The maximum atomic E-state index is 5.98. The highest BCUT2D eigenvalue weighted by Gasteiger charge is 2.14. The monoisotopic (exact) mass is 232 g/mol. The zero-order valence-corrected chi connectivity index (χ0v) is 10.4. The van der Waals surface area contributed by atoms with Gasteiger partial charge < -0.3 is 5.73 Å². The lowest BCUT2D eigenvalue weighted by molar-refractivity contribution is 0.511. The summed E-state index contributed by atoms with van der Waals surface area (Å²) in [5.41, 5.74) is 8.04. The van der Waals surface area contributed by atoms with Gasteiger partial charge in [-0.3, -0.25) is 0 Å². The van der Waals surface area contributed by atoms with Crippen molar-refractivity contribution in [3.05, 3.63) is 41.4 Å². The molecule has 0 bridgehead atoms. The molecule has 0 aliphatic carbocycles. The van der Waals surface area contributed by atoms with Crippen molar-refractivity contribution >= 4 is 11.3 Å². The zero-order valence-electron chi connectivity index (χ0n) is 9.60. The number of aromatic nitrogens is 1. The summed E-state index contributed by atoms with van der Waals surface area (Å²) in [5.74, 6) is 0. The molecule has 3 heteroatoms. The van der Waals surface area contributed by atoms with E-state index in [0.29, 0.717) is 0 Å². The Morgan fingerprint density at radius 1 is 1.25 bits per heavy atom. The van der Waals surface area contributed by atoms with Crippen molar-refractivity contribution in [2.75, 3.05) is 0 Å². The first-order chi connectivity index (χ1) is 7.54. The SMILES string of the molecule is CC(C)(N)Cc1csc(-c2ccccc2)n1. The van der Waals surface area contributed by atoms with Gasteiger partial charge in [-0.05, 0) is 13.8 Å². The minimum absolute atomic E-state index is 0.192. The van der Waals surface area contributed by atoms with E-state index in [0.717, 1.165) is 17.1 Å². The Bertz CT molecular complexity index is 454. The molecule has 0 unspecified atom stereocenters. The molecular weight excluding hydrogens is 216 g/mol. The number of hydrogen-bond acceptors (Lipinski definition) is 3. The van der Waals surface area contributed by atoms with Gasteiger partial charge in [0.05, 0.1) is 5.69 Å². The molecule has 1 heterocycles. The maximum absolute atomic E-state index is 5.98. The van der Waals surface area contributed by atoms with Gasteiger partial charge in [-0.1, -0.05) is 30.3 Å². The van der Waals surface area contributed by atoms with E-state index in [1.807, 2.05) is 32.0 Å². The van der Waals surface area contributed by atoms with Gasteiger partial charge in [-0.25, -0.2) is 4.98 Å². The number of nitrogens with two attached hydrogens (primary N) is 1. The number of rotatable bonds is 3. The van der Waals surface area contributed by atoms with Gasteiger partial charge in [0.25, 0.3) is 0 Å². The van der Waals surface area contributed by atoms with Crippen LogP contribution in [0.1, 0.15) is 19.5 Å². The van der Waals surface area contributed by atoms with Gasteiger partial charge in [-0.2, -0.15) is 0 Å². The quantitative estimate of drug-likeness (QED) is 0.883. The molecule has 84 valence electrons. The number of benzene rings is 1. The molecule has 2 aromatic rings. The van der Waals surface area contributed by atoms with Crippen LogP contribution < -0.4 is 5.73 Å². The van der Waals surface area contributed by atoms with Crippen LogP contribution in [-0.4, -0.2) is 10.5 Å². The third-order valence-electron chi connectivity index (χ3n) is 2.21. The molecule has 0 aliphatic heterocycles. The summed E-state index contributed by atoms with van der Waals surface area (Å²) in [4.78, 5) is 4.60. The lowest BCUT2D eigenvalue weighted by Crippen LogP contribution is -2.34. The molecule has 0 saturated carbocycles. The van der Waals surface area contributed by atoms with Gasteiger partial charge in [0, 0.05) is 22.9 Å². The van der Waals surface area contributed by atoms with Crippen molar-refractivity contribution < 1.29 is 0 Å². The number of thiazole rings is 1. The van der Waals surface area contributed by atoms with E-state index in [9.17, 15) is 0 Å². The van der Waals surface area contributed by atoms with Crippen LogP contribution in [0.4, 0.5) is 0 Å².